The number of rotatable bonds is 21. The Bertz CT molecular complexity index is 6680. The Labute approximate surface area is 790 Å². The van der Waals surface area contributed by atoms with Gasteiger partial charge >= 0.3 is 0 Å². The average molecular weight is 1940 g/mol. The van der Waals surface area contributed by atoms with Crippen LogP contribution in [0.25, 0.3) is 0 Å². The molecule has 0 unspecified atom stereocenters. The lowest BCUT2D eigenvalue weighted by Gasteiger charge is -2.24. The molecular weight excluding hydrogens is 1810 g/mol. The van der Waals surface area contributed by atoms with Gasteiger partial charge in [-0.2, -0.15) is 0 Å². The van der Waals surface area contributed by atoms with E-state index >= 15 is 0 Å². The molecule has 15 rings (SSSR count). The van der Waals surface area contributed by atoms with Crippen molar-refractivity contribution in [3.05, 3.63) is 233 Å². The lowest BCUT2D eigenvalue weighted by atomic mass is 10.1. The first kappa shape index (κ1) is 102. The summed E-state index contributed by atoms with van der Waals surface area (Å²) < 4.78 is 154. The number of nitrogens with one attached hydrogen (secondary N) is 4. The van der Waals surface area contributed by atoms with Gasteiger partial charge in [0.15, 0.2) is 0 Å². The van der Waals surface area contributed by atoms with Crippen molar-refractivity contribution in [2.75, 3.05) is 95.2 Å². The van der Waals surface area contributed by atoms with Gasteiger partial charge in [-0.1, -0.05) is 90.0 Å². The predicted molar refractivity (Wildman–Crippen MR) is 524 cm³/mol. The number of aryl methyl sites for hydroxylation is 4. The molecule has 0 atom stereocenters. The van der Waals surface area contributed by atoms with Crippen molar-refractivity contribution in [3.63, 3.8) is 0 Å². The zero-order valence-corrected chi connectivity index (χ0v) is 85.1. The first-order chi connectivity index (χ1) is 62.6. The molecule has 30 nitrogen and oxygen atoms in total. The molecule has 36 heteroatoms. The summed E-state index contributed by atoms with van der Waals surface area (Å²) in [5.41, 5.74) is 14.3. The fraction of sp³-hybridized carbons (Fsp3) is 0.433. The van der Waals surface area contributed by atoms with E-state index in [9.17, 15) is 66.1 Å². The van der Waals surface area contributed by atoms with Crippen LogP contribution in [0.5, 0.6) is 0 Å². The van der Waals surface area contributed by atoms with E-state index in [-0.39, 0.29) is 82.8 Å². The zero-order chi connectivity index (χ0) is 97.7. The van der Waals surface area contributed by atoms with Gasteiger partial charge in [-0.3, -0.25) is 47.2 Å². The third-order valence-corrected chi connectivity index (χ3v) is 35.1. The van der Waals surface area contributed by atoms with Crippen LogP contribution in [0.3, 0.4) is 0 Å². The molecule has 0 saturated carbocycles. The van der Waals surface area contributed by atoms with E-state index in [1.165, 1.54) is 4.31 Å². The van der Waals surface area contributed by atoms with Crippen molar-refractivity contribution in [1.82, 2.24) is 47.3 Å². The van der Waals surface area contributed by atoms with Crippen molar-refractivity contribution in [2.45, 2.75) is 199 Å². The van der Waals surface area contributed by atoms with Crippen LogP contribution in [0.2, 0.25) is 5.02 Å². The van der Waals surface area contributed by atoms with Crippen LogP contribution in [-0.4, -0.2) is 191 Å². The number of likely N-dealkylation sites (tertiary alicyclic amines) is 5. The lowest BCUT2D eigenvalue weighted by molar-refractivity contribution is 0.0781. The Morgan fingerprint density at radius 2 is 0.579 bits per heavy atom. The largest absolute Gasteiger partial charge is 0.350 e. The fourth-order valence-corrected chi connectivity index (χ4v) is 26.6. The molecule has 0 radical (unpaired) electrons. The summed E-state index contributed by atoms with van der Waals surface area (Å²) in [6.45, 7) is 35.8. The first-order valence-electron chi connectivity index (χ1n) is 44.9. The van der Waals surface area contributed by atoms with E-state index < -0.39 is 50.1 Å². The number of sulfonamides is 5. The topological polar surface area (TPSA) is 348 Å². The summed E-state index contributed by atoms with van der Waals surface area (Å²) in [5, 5.41) is 0.476. The Kier molecular flexibility index (Phi) is 32.2. The summed E-state index contributed by atoms with van der Waals surface area (Å²) in [7, 11) is -10.6. The van der Waals surface area contributed by atoms with Gasteiger partial charge in [0.05, 0.1) is 50.6 Å². The number of carbonyl (C=O) groups excluding carboxylic acids is 5. The van der Waals surface area contributed by atoms with Crippen LogP contribution in [0.1, 0.15) is 208 Å². The quantitative estimate of drug-likeness (QED) is 0.0519. The molecule has 133 heavy (non-hydrogen) atoms. The fourth-order valence-electron chi connectivity index (χ4n) is 17.8. The van der Waals surface area contributed by atoms with Gasteiger partial charge in [-0.05, 0) is 240 Å². The Morgan fingerprint density at radius 1 is 0.308 bits per heavy atom. The predicted octanol–water partition coefficient (Wildman–Crippen LogP) is 16.0. The molecule has 0 aliphatic carbocycles. The number of hydrogen-bond donors (Lipinski definition) is 4. The molecule has 0 spiro atoms. The second-order valence-corrected chi connectivity index (χ2v) is 43.6. The molecule has 4 N–H and O–H groups in total. The molecule has 5 aromatic carbocycles. The summed E-state index contributed by atoms with van der Waals surface area (Å²) in [6.07, 6.45) is 9.56. The van der Waals surface area contributed by atoms with Crippen LogP contribution >= 0.6 is 11.6 Å². The zero-order valence-electron chi connectivity index (χ0n) is 80.3. The molecule has 5 aromatic heterocycles. The normalized spacial score (nSPS) is 14.6. The van der Waals surface area contributed by atoms with E-state index in [2.05, 4.69) is 18.9 Å². The van der Waals surface area contributed by atoms with Crippen molar-refractivity contribution < 1.29 is 66.1 Å². The molecule has 5 saturated heterocycles. The van der Waals surface area contributed by atoms with Crippen LogP contribution in [0.15, 0.2) is 140 Å². The molecule has 10 heterocycles. The van der Waals surface area contributed by atoms with E-state index in [0.29, 0.717) is 167 Å². The van der Waals surface area contributed by atoms with Gasteiger partial charge < -0.3 is 47.3 Å². The van der Waals surface area contributed by atoms with Gasteiger partial charge in [0.25, 0.3) is 79.7 Å². The van der Waals surface area contributed by atoms with Gasteiger partial charge in [-0.15, -0.1) is 0 Å². The summed E-state index contributed by atoms with van der Waals surface area (Å²) in [5.74, 6) is -1.01. The maximum Gasteiger partial charge on any atom is 0.266 e. The Hall–Kier alpha value is -11.1. The van der Waals surface area contributed by atoms with E-state index in [1.807, 2.05) is 102 Å². The van der Waals surface area contributed by atoms with Crippen molar-refractivity contribution in [2.24, 2.45) is 35.2 Å². The minimum atomic E-state index is -3.97. The lowest BCUT2D eigenvalue weighted by Crippen LogP contribution is -2.34. The monoisotopic (exact) mass is 1940 g/mol. The number of anilines is 5. The molecule has 5 amide bonds. The number of carbonyl (C=O) groups is 5. The van der Waals surface area contributed by atoms with Gasteiger partial charge in [0, 0.05) is 175 Å². The average Bonchev–Trinajstić information content (AvgIpc) is 1.62. The van der Waals surface area contributed by atoms with Crippen molar-refractivity contribution in [3.8, 4) is 0 Å². The summed E-state index contributed by atoms with van der Waals surface area (Å²) in [4.78, 5) is 74.6. The van der Waals surface area contributed by atoms with Crippen LogP contribution in [-0.2, 0) is 85.4 Å². The van der Waals surface area contributed by atoms with Crippen molar-refractivity contribution >= 4 is 120 Å². The van der Waals surface area contributed by atoms with Crippen LogP contribution in [0.4, 0.5) is 28.4 Å². The molecule has 5 aliphatic rings. The summed E-state index contributed by atoms with van der Waals surface area (Å²) >= 11 is 6.12. The number of nitrogens with zero attached hydrogens (tertiary/aromatic N) is 11. The third kappa shape index (κ3) is 21.4. The third-order valence-electron chi connectivity index (χ3n) is 26.5. The number of para-hydroxylation sites is 3. The van der Waals surface area contributed by atoms with E-state index in [4.69, 9.17) is 11.6 Å². The highest BCUT2D eigenvalue weighted by Gasteiger charge is 2.42. The molecule has 718 valence electrons. The Balaban J connectivity index is 0.000000160. The summed E-state index contributed by atoms with van der Waals surface area (Å²) in [6, 6.07) is 34.0. The molecular formula is C97H128ClN15O15S5. The SMILES string of the molecule is CCN(c1ccccc1)S(=O)(=O)c1c(C(=O)N2CCCC2)c(C)n(C)c1C.Cc1c(Cl)cccc1NS(=O)(=O)c1c(C(=O)N2CCCC2)c(C)n(C)c1C.Cc1ccc(NS(=O)(=O)c2c(C(=O)N3CCCC3)c(C)n(C)c2C)cc1.Cc1cccc(C)c1NS(=O)(=O)c1c(C(=O)N2CCCC2)c(C)n(C)c1C.Cc1ccccc1NS(=O)(=O)c1c(C(=O)N2CCCC2)c(C)n(C)c1C. The van der Waals surface area contributed by atoms with E-state index in [1.54, 1.807) is 206 Å². The van der Waals surface area contributed by atoms with Gasteiger partial charge in [0.1, 0.15) is 24.5 Å². The Morgan fingerprint density at radius 3 is 0.910 bits per heavy atom. The second kappa shape index (κ2) is 41.8. The van der Waals surface area contributed by atoms with Gasteiger partial charge in [0.2, 0.25) is 0 Å². The number of halogens is 1. The maximum atomic E-state index is 13.6. The molecule has 0 bridgehead atoms. The standard InChI is InChI=1S/2C20H27N3O3S.C19H24ClN3O3S.2C19H25N3O3S/c1-13-9-8-10-14(2)18(13)21-27(25,26)19-16(4)22(5)15(3)17(19)20(24)23-11-6-7-12-23;1-5-23(17-11-7-6-8-12-17)27(25,26)19-16(3)21(4)15(2)18(19)20(24)22-13-9-10-14-22;1-12-15(20)8-7-9-16(12)21-27(25,26)18-14(3)22(4)13(2)17(18)19(24)23-10-5-6-11-23;1-13-7-9-16(10-8-13)20-26(24,25)18-15(3)21(4)14(2)17(18)19(23)22-11-5-6-12-22;1-13-9-5-6-10-16(13)20-26(24,25)18-15(3)21(4)14(2)17(18)19(23)22-11-7-8-12-22/h8-10,21H,6-7,11-12H2,1-5H3;6-8,11-12H,5,9-10,13-14H2,1-4H3;7-9,21H,5-6,10-11H2,1-4H3;7-10,20H,5-6,11-12H2,1-4H3;5-6,9-10,20H,7-8,11-12H2,1-4H3. The molecule has 5 fully saturated rings. The number of hydrogen-bond acceptors (Lipinski definition) is 15. The highest BCUT2D eigenvalue weighted by atomic mass is 35.5. The number of benzene rings is 5. The van der Waals surface area contributed by atoms with Crippen LogP contribution < -0.4 is 23.2 Å². The number of amides is 5. The van der Waals surface area contributed by atoms with Gasteiger partial charge in [-0.25, -0.2) is 42.1 Å². The van der Waals surface area contributed by atoms with E-state index in [0.717, 1.165) is 86.5 Å². The number of aromatic nitrogens is 5. The van der Waals surface area contributed by atoms with Crippen molar-refractivity contribution in [1.29, 1.82) is 0 Å². The molecule has 5 aliphatic heterocycles. The second-order valence-electron chi connectivity index (χ2n) is 35.0. The smallest absolute Gasteiger partial charge is 0.266 e. The first-order valence-corrected chi connectivity index (χ1v) is 52.7. The highest BCUT2D eigenvalue weighted by Crippen LogP contribution is 2.39. The minimum Gasteiger partial charge on any atom is -0.350 e. The van der Waals surface area contributed by atoms with Crippen LogP contribution in [0, 0.1) is 104 Å². The molecule has 10 aromatic rings. The minimum absolute atomic E-state index is 0.0405. The highest BCUT2D eigenvalue weighted by molar-refractivity contribution is 7.94. The maximum absolute atomic E-state index is 13.6.